The number of aromatic nitrogens is 1. The number of nitrogens with one attached hydrogen (secondary N) is 1. The summed E-state index contributed by atoms with van der Waals surface area (Å²) in [5.41, 5.74) is -0.744. The van der Waals surface area contributed by atoms with Crippen LogP contribution in [-0.2, 0) is 16.1 Å². The van der Waals surface area contributed by atoms with Crippen LogP contribution in [0.25, 0.3) is 0 Å². The van der Waals surface area contributed by atoms with Crippen LogP contribution >= 0.6 is 0 Å². The van der Waals surface area contributed by atoms with Crippen molar-refractivity contribution in [2.24, 2.45) is 0 Å². The van der Waals surface area contributed by atoms with Crippen LogP contribution < -0.4 is 15.0 Å². The third-order valence-electron chi connectivity index (χ3n) is 6.20. The van der Waals surface area contributed by atoms with Crippen LogP contribution in [0, 0.1) is 0 Å². The third-order valence-corrected chi connectivity index (χ3v) is 6.20. The highest BCUT2D eigenvalue weighted by molar-refractivity contribution is 6.23. The number of carbonyl (C=O) groups is 3. The first-order valence-electron chi connectivity index (χ1n) is 11.4. The van der Waals surface area contributed by atoms with Gasteiger partial charge in [-0.05, 0) is 75.7 Å². The van der Waals surface area contributed by atoms with Crippen molar-refractivity contribution in [3.8, 4) is 5.75 Å². The Morgan fingerprint density at radius 3 is 2.42 bits per heavy atom. The van der Waals surface area contributed by atoms with Gasteiger partial charge in [0.2, 0.25) is 5.91 Å². The van der Waals surface area contributed by atoms with E-state index in [-0.39, 0.29) is 24.5 Å². The van der Waals surface area contributed by atoms with E-state index in [1.165, 1.54) is 11.0 Å². The van der Waals surface area contributed by atoms with Crippen molar-refractivity contribution in [1.29, 1.82) is 0 Å². The molecular formula is C24H26F3N5O4. The van der Waals surface area contributed by atoms with Gasteiger partial charge in [0.15, 0.2) is 5.75 Å². The fraction of sp³-hybridized carbons (Fsp3) is 0.417. The van der Waals surface area contributed by atoms with Gasteiger partial charge in [0.05, 0.1) is 17.9 Å². The van der Waals surface area contributed by atoms with Crippen LogP contribution in [0.3, 0.4) is 0 Å². The largest absolute Gasteiger partial charge is 0.573 e. The predicted molar refractivity (Wildman–Crippen MR) is 124 cm³/mol. The van der Waals surface area contributed by atoms with E-state index in [9.17, 15) is 27.6 Å². The number of imide groups is 1. The number of benzene rings is 1. The topological polar surface area (TPSA) is 95.1 Å². The monoisotopic (exact) mass is 505 g/mol. The molecule has 1 aromatic carbocycles. The molecule has 192 valence electrons. The van der Waals surface area contributed by atoms with E-state index in [1.54, 1.807) is 38.4 Å². The highest BCUT2D eigenvalue weighted by Gasteiger charge is 2.52. The van der Waals surface area contributed by atoms with Crippen LogP contribution in [0.5, 0.6) is 5.75 Å². The molecule has 2 saturated heterocycles. The molecule has 2 aliphatic heterocycles. The molecule has 9 nitrogen and oxygen atoms in total. The van der Waals surface area contributed by atoms with Crippen molar-refractivity contribution in [2.45, 2.75) is 45.1 Å². The maximum Gasteiger partial charge on any atom is 0.573 e. The number of amides is 4. The van der Waals surface area contributed by atoms with Gasteiger partial charge in [-0.1, -0.05) is 0 Å². The van der Waals surface area contributed by atoms with Crippen molar-refractivity contribution in [2.75, 3.05) is 29.9 Å². The van der Waals surface area contributed by atoms with Gasteiger partial charge in [0.1, 0.15) is 5.54 Å². The SMILES string of the molecule is CC1(C)C(=O)N(c2ccc(OC(F)(F)F)c(NC(=O)CN3CCCC3)c2)C(=O)N1Cc1ccncc1. The van der Waals surface area contributed by atoms with E-state index in [1.807, 2.05) is 4.90 Å². The van der Waals surface area contributed by atoms with Crippen molar-refractivity contribution >= 4 is 29.2 Å². The molecule has 0 unspecified atom stereocenters. The summed E-state index contributed by atoms with van der Waals surface area (Å²) < 4.78 is 43.1. The number of hydrogen-bond donors (Lipinski definition) is 1. The number of urea groups is 1. The molecule has 4 amide bonds. The molecule has 0 saturated carbocycles. The minimum absolute atomic E-state index is 0.00397. The molecule has 3 heterocycles. The van der Waals surface area contributed by atoms with E-state index in [2.05, 4.69) is 15.0 Å². The molecule has 0 radical (unpaired) electrons. The van der Waals surface area contributed by atoms with Crippen LogP contribution in [0.2, 0.25) is 0 Å². The fourth-order valence-electron chi connectivity index (χ4n) is 4.30. The second kappa shape index (κ2) is 9.76. The Morgan fingerprint density at radius 1 is 1.11 bits per heavy atom. The number of rotatable bonds is 7. The van der Waals surface area contributed by atoms with Crippen LogP contribution in [0.1, 0.15) is 32.3 Å². The minimum atomic E-state index is -5.00. The molecule has 4 rings (SSSR count). The summed E-state index contributed by atoms with van der Waals surface area (Å²) in [5.74, 6) is -1.73. The summed E-state index contributed by atoms with van der Waals surface area (Å²) in [4.78, 5) is 47.2. The first-order valence-corrected chi connectivity index (χ1v) is 11.4. The molecule has 0 bridgehead atoms. The van der Waals surface area contributed by atoms with E-state index >= 15 is 0 Å². The lowest BCUT2D eigenvalue weighted by atomic mass is 10.0. The maximum atomic E-state index is 13.3. The molecule has 0 aliphatic carbocycles. The standard InChI is InChI=1S/C24H26F3N5O4/c1-23(2)21(34)32(22(35)31(23)14-16-7-9-28-10-8-16)17-5-6-19(36-24(25,26)27)18(13-17)29-20(33)15-30-11-3-4-12-30/h5-10,13H,3-4,11-12,14-15H2,1-2H3,(H,29,33). The van der Waals surface area contributed by atoms with Crippen LogP contribution in [0.15, 0.2) is 42.7 Å². The lowest BCUT2D eigenvalue weighted by Crippen LogP contribution is -2.43. The van der Waals surface area contributed by atoms with Gasteiger partial charge >= 0.3 is 12.4 Å². The predicted octanol–water partition coefficient (Wildman–Crippen LogP) is 3.76. The summed E-state index contributed by atoms with van der Waals surface area (Å²) >= 11 is 0. The number of carbonyl (C=O) groups excluding carboxylic acids is 3. The van der Waals surface area contributed by atoms with Crippen LogP contribution in [0.4, 0.5) is 29.3 Å². The van der Waals surface area contributed by atoms with E-state index in [0.717, 1.165) is 48.5 Å². The van der Waals surface area contributed by atoms with Gasteiger partial charge in [0, 0.05) is 18.9 Å². The number of pyridine rings is 1. The summed E-state index contributed by atoms with van der Waals surface area (Å²) in [7, 11) is 0. The van der Waals surface area contributed by atoms with Crippen molar-refractivity contribution in [3.63, 3.8) is 0 Å². The molecular weight excluding hydrogens is 479 g/mol. The van der Waals surface area contributed by atoms with Crippen molar-refractivity contribution < 1.29 is 32.3 Å². The number of ether oxygens (including phenoxy) is 1. The minimum Gasteiger partial charge on any atom is -0.404 e. The molecule has 1 aromatic heterocycles. The lowest BCUT2D eigenvalue weighted by Gasteiger charge is -2.27. The normalized spacial score (nSPS) is 18.1. The van der Waals surface area contributed by atoms with Gasteiger partial charge in [0.25, 0.3) is 5.91 Å². The quantitative estimate of drug-likeness (QED) is 0.576. The molecule has 2 aliphatic rings. The van der Waals surface area contributed by atoms with Gasteiger partial charge in [-0.25, -0.2) is 9.69 Å². The number of likely N-dealkylation sites (tertiary alicyclic amines) is 1. The lowest BCUT2D eigenvalue weighted by molar-refractivity contribution is -0.274. The van der Waals surface area contributed by atoms with E-state index in [0.29, 0.717) is 0 Å². The highest BCUT2D eigenvalue weighted by Crippen LogP contribution is 2.38. The zero-order chi connectivity index (χ0) is 26.1. The zero-order valence-corrected chi connectivity index (χ0v) is 19.8. The second-order valence-corrected chi connectivity index (χ2v) is 9.18. The Bertz CT molecular complexity index is 1150. The first-order chi connectivity index (χ1) is 17.0. The molecule has 12 heteroatoms. The number of hydrogen-bond acceptors (Lipinski definition) is 6. The Labute approximate surface area is 205 Å². The Balaban J connectivity index is 1.63. The number of nitrogens with zero attached hydrogens (tertiary/aromatic N) is 4. The van der Waals surface area contributed by atoms with Crippen molar-refractivity contribution in [1.82, 2.24) is 14.8 Å². The molecule has 36 heavy (non-hydrogen) atoms. The van der Waals surface area contributed by atoms with E-state index < -0.39 is 35.5 Å². The first kappa shape index (κ1) is 25.4. The Hall–Kier alpha value is -3.67. The fourth-order valence-corrected chi connectivity index (χ4v) is 4.30. The molecule has 2 aromatic rings. The smallest absolute Gasteiger partial charge is 0.404 e. The molecule has 0 spiro atoms. The Morgan fingerprint density at radius 2 is 1.78 bits per heavy atom. The summed E-state index contributed by atoms with van der Waals surface area (Å²) in [6.07, 6.45) is 0.0167. The van der Waals surface area contributed by atoms with Gasteiger partial charge in [-0.3, -0.25) is 19.5 Å². The average Bonchev–Trinajstić information content (AvgIpc) is 3.36. The molecule has 1 N–H and O–H groups in total. The highest BCUT2D eigenvalue weighted by atomic mass is 19.4. The number of anilines is 2. The van der Waals surface area contributed by atoms with E-state index in [4.69, 9.17) is 0 Å². The third kappa shape index (κ3) is 5.43. The van der Waals surface area contributed by atoms with Gasteiger partial charge in [-0.2, -0.15) is 0 Å². The number of halogens is 3. The van der Waals surface area contributed by atoms with Gasteiger partial charge < -0.3 is 15.0 Å². The summed E-state index contributed by atoms with van der Waals surface area (Å²) in [6, 6.07) is 6.10. The zero-order valence-electron chi connectivity index (χ0n) is 19.8. The summed E-state index contributed by atoms with van der Waals surface area (Å²) in [5, 5.41) is 2.45. The number of alkyl halides is 3. The van der Waals surface area contributed by atoms with Crippen LogP contribution in [-0.4, -0.2) is 64.2 Å². The van der Waals surface area contributed by atoms with Crippen molar-refractivity contribution in [3.05, 3.63) is 48.3 Å². The molecule has 2 fully saturated rings. The summed E-state index contributed by atoms with van der Waals surface area (Å²) in [6.45, 7) is 4.76. The molecule has 0 atom stereocenters. The Kier molecular flexibility index (Phi) is 6.90. The second-order valence-electron chi connectivity index (χ2n) is 9.18. The van der Waals surface area contributed by atoms with Gasteiger partial charge in [-0.15, -0.1) is 13.2 Å². The maximum absolute atomic E-state index is 13.3. The average molecular weight is 505 g/mol.